The van der Waals surface area contributed by atoms with Crippen molar-refractivity contribution in [2.45, 2.75) is 19.4 Å². The standard InChI is InChI=1S/C23H25N3O3S/c1-25(22(27)14-18-12-13-30(28,29)17-18)15-20-16-26(21-10-6-3-7-11-21)24-23(20)19-8-4-2-5-9-19/h2-11,16,18H,12-15,17H2,1H3/t18-/m1/s1. The van der Waals surface area contributed by atoms with Gasteiger partial charge < -0.3 is 4.90 Å². The lowest BCUT2D eigenvalue weighted by molar-refractivity contribution is -0.131. The number of nitrogens with zero attached hydrogens (tertiary/aromatic N) is 3. The Morgan fingerprint density at radius 3 is 2.40 bits per heavy atom. The lowest BCUT2D eigenvalue weighted by Gasteiger charge is -2.19. The molecule has 156 valence electrons. The second-order valence-electron chi connectivity index (χ2n) is 7.87. The van der Waals surface area contributed by atoms with Crippen LogP contribution in [0.5, 0.6) is 0 Å². The van der Waals surface area contributed by atoms with E-state index >= 15 is 0 Å². The van der Waals surface area contributed by atoms with Crippen LogP contribution in [-0.2, 0) is 21.2 Å². The van der Waals surface area contributed by atoms with Crippen molar-refractivity contribution in [1.82, 2.24) is 14.7 Å². The van der Waals surface area contributed by atoms with Crippen LogP contribution in [0.2, 0.25) is 0 Å². The molecule has 1 aromatic heterocycles. The fraction of sp³-hybridized carbons (Fsp3) is 0.304. The van der Waals surface area contributed by atoms with Gasteiger partial charge >= 0.3 is 0 Å². The molecule has 2 heterocycles. The van der Waals surface area contributed by atoms with Crippen molar-refractivity contribution in [3.05, 3.63) is 72.4 Å². The molecule has 4 rings (SSSR count). The SMILES string of the molecule is CN(Cc1cn(-c2ccccc2)nc1-c1ccccc1)C(=O)C[C@H]1CCS(=O)(=O)C1. The first-order valence-corrected chi connectivity index (χ1v) is 11.9. The Labute approximate surface area is 177 Å². The van der Waals surface area contributed by atoms with Crippen molar-refractivity contribution in [3.63, 3.8) is 0 Å². The zero-order chi connectivity index (χ0) is 21.1. The number of hydrogen-bond acceptors (Lipinski definition) is 4. The Morgan fingerprint density at radius 2 is 1.77 bits per heavy atom. The highest BCUT2D eigenvalue weighted by Crippen LogP contribution is 2.26. The molecule has 2 aromatic carbocycles. The zero-order valence-electron chi connectivity index (χ0n) is 16.9. The Morgan fingerprint density at radius 1 is 1.10 bits per heavy atom. The lowest BCUT2D eigenvalue weighted by Crippen LogP contribution is -2.28. The molecular weight excluding hydrogens is 398 g/mol. The first-order chi connectivity index (χ1) is 14.4. The summed E-state index contributed by atoms with van der Waals surface area (Å²) in [5.41, 5.74) is 3.72. The van der Waals surface area contributed by atoms with Gasteiger partial charge in [-0.05, 0) is 24.5 Å². The van der Waals surface area contributed by atoms with Crippen LogP contribution in [0.25, 0.3) is 16.9 Å². The van der Waals surface area contributed by atoms with Crippen LogP contribution in [0, 0.1) is 5.92 Å². The summed E-state index contributed by atoms with van der Waals surface area (Å²) in [5.74, 6) is 0.193. The summed E-state index contributed by atoms with van der Waals surface area (Å²) in [6, 6.07) is 19.8. The van der Waals surface area contributed by atoms with E-state index in [0.717, 1.165) is 22.5 Å². The zero-order valence-corrected chi connectivity index (χ0v) is 17.8. The van der Waals surface area contributed by atoms with Gasteiger partial charge in [0.05, 0.1) is 22.9 Å². The highest BCUT2D eigenvalue weighted by Gasteiger charge is 2.30. The van der Waals surface area contributed by atoms with E-state index in [1.807, 2.05) is 71.5 Å². The predicted octanol–water partition coefficient (Wildman–Crippen LogP) is 3.32. The molecule has 7 heteroatoms. The third-order valence-electron chi connectivity index (χ3n) is 5.48. The summed E-state index contributed by atoms with van der Waals surface area (Å²) in [6.07, 6.45) is 2.80. The van der Waals surface area contributed by atoms with Gasteiger partial charge in [-0.1, -0.05) is 48.5 Å². The topological polar surface area (TPSA) is 72.3 Å². The van der Waals surface area contributed by atoms with E-state index in [9.17, 15) is 13.2 Å². The number of hydrogen-bond donors (Lipinski definition) is 0. The minimum Gasteiger partial charge on any atom is -0.341 e. The molecule has 1 atom stereocenters. The van der Waals surface area contributed by atoms with Crippen molar-refractivity contribution in [2.75, 3.05) is 18.6 Å². The molecule has 1 aliphatic rings. The van der Waals surface area contributed by atoms with Gasteiger partial charge in [0.1, 0.15) is 0 Å². The second kappa shape index (κ2) is 8.44. The van der Waals surface area contributed by atoms with Crippen LogP contribution in [0.4, 0.5) is 0 Å². The molecule has 1 aliphatic heterocycles. The van der Waals surface area contributed by atoms with Crippen molar-refractivity contribution in [2.24, 2.45) is 5.92 Å². The fourth-order valence-corrected chi connectivity index (χ4v) is 5.72. The van der Waals surface area contributed by atoms with E-state index in [1.54, 1.807) is 11.9 Å². The molecule has 0 aliphatic carbocycles. The molecule has 1 saturated heterocycles. The maximum atomic E-state index is 12.7. The van der Waals surface area contributed by atoms with E-state index < -0.39 is 9.84 Å². The Hall–Kier alpha value is -2.93. The fourth-order valence-electron chi connectivity index (χ4n) is 3.86. The number of rotatable bonds is 6. The summed E-state index contributed by atoms with van der Waals surface area (Å²) in [5, 5.41) is 4.78. The second-order valence-corrected chi connectivity index (χ2v) is 10.1. The summed E-state index contributed by atoms with van der Waals surface area (Å²) >= 11 is 0. The molecule has 0 saturated carbocycles. The van der Waals surface area contributed by atoms with Crippen LogP contribution >= 0.6 is 0 Å². The normalized spacial score (nSPS) is 17.7. The first-order valence-electron chi connectivity index (χ1n) is 10.0. The molecule has 0 radical (unpaired) electrons. The van der Waals surface area contributed by atoms with Gasteiger partial charge in [-0.3, -0.25) is 4.79 Å². The van der Waals surface area contributed by atoms with Crippen molar-refractivity contribution < 1.29 is 13.2 Å². The van der Waals surface area contributed by atoms with E-state index in [4.69, 9.17) is 5.10 Å². The Bertz CT molecular complexity index is 1130. The maximum absolute atomic E-state index is 12.7. The Balaban J connectivity index is 1.56. The van der Waals surface area contributed by atoms with Crippen LogP contribution < -0.4 is 0 Å². The number of amides is 1. The van der Waals surface area contributed by atoms with Crippen molar-refractivity contribution >= 4 is 15.7 Å². The van der Waals surface area contributed by atoms with Gasteiger partial charge in [0.25, 0.3) is 0 Å². The molecule has 0 N–H and O–H groups in total. The molecule has 0 bridgehead atoms. The number of carbonyl (C=O) groups excluding carboxylic acids is 1. The van der Waals surface area contributed by atoms with Gasteiger partial charge in [0.2, 0.25) is 5.91 Å². The molecular formula is C23H25N3O3S. The van der Waals surface area contributed by atoms with Gasteiger partial charge in [-0.25, -0.2) is 13.1 Å². The summed E-state index contributed by atoms with van der Waals surface area (Å²) in [6.45, 7) is 0.412. The van der Waals surface area contributed by atoms with Crippen molar-refractivity contribution in [1.29, 1.82) is 0 Å². The average molecular weight is 424 g/mol. The highest BCUT2D eigenvalue weighted by atomic mass is 32.2. The number of aromatic nitrogens is 2. The first kappa shape index (κ1) is 20.3. The van der Waals surface area contributed by atoms with Gasteiger partial charge in [-0.2, -0.15) is 5.10 Å². The number of para-hydroxylation sites is 1. The molecule has 30 heavy (non-hydrogen) atoms. The van der Waals surface area contributed by atoms with E-state index in [2.05, 4.69) is 0 Å². The van der Waals surface area contributed by atoms with E-state index in [1.165, 1.54) is 0 Å². The third kappa shape index (κ3) is 4.62. The van der Waals surface area contributed by atoms with E-state index in [0.29, 0.717) is 13.0 Å². The van der Waals surface area contributed by atoms with E-state index in [-0.39, 0.29) is 29.8 Å². The van der Waals surface area contributed by atoms with Crippen LogP contribution in [0.15, 0.2) is 66.9 Å². The smallest absolute Gasteiger partial charge is 0.222 e. The quantitative estimate of drug-likeness (QED) is 0.610. The molecule has 6 nitrogen and oxygen atoms in total. The monoisotopic (exact) mass is 423 g/mol. The largest absolute Gasteiger partial charge is 0.341 e. The summed E-state index contributed by atoms with van der Waals surface area (Å²) in [7, 11) is -1.22. The van der Waals surface area contributed by atoms with Gasteiger partial charge in [0, 0.05) is 37.3 Å². The number of sulfone groups is 1. The Kier molecular flexibility index (Phi) is 5.72. The number of carbonyl (C=O) groups is 1. The molecule has 1 amide bonds. The summed E-state index contributed by atoms with van der Waals surface area (Å²) < 4.78 is 25.2. The third-order valence-corrected chi connectivity index (χ3v) is 7.32. The number of benzene rings is 2. The van der Waals surface area contributed by atoms with Crippen molar-refractivity contribution in [3.8, 4) is 16.9 Å². The predicted molar refractivity (Wildman–Crippen MR) is 117 cm³/mol. The minimum absolute atomic E-state index is 0.0384. The lowest BCUT2D eigenvalue weighted by atomic mass is 10.0. The van der Waals surface area contributed by atoms with Crippen LogP contribution in [0.3, 0.4) is 0 Å². The van der Waals surface area contributed by atoms with Gasteiger partial charge in [0.15, 0.2) is 9.84 Å². The highest BCUT2D eigenvalue weighted by molar-refractivity contribution is 7.91. The van der Waals surface area contributed by atoms with Crippen LogP contribution in [0.1, 0.15) is 18.4 Å². The maximum Gasteiger partial charge on any atom is 0.222 e. The minimum atomic E-state index is -2.98. The molecule has 0 spiro atoms. The van der Waals surface area contributed by atoms with Gasteiger partial charge in [-0.15, -0.1) is 0 Å². The molecule has 1 fully saturated rings. The summed E-state index contributed by atoms with van der Waals surface area (Å²) in [4.78, 5) is 14.4. The molecule has 0 unspecified atom stereocenters. The average Bonchev–Trinajstić information content (AvgIpc) is 3.32. The van der Waals surface area contributed by atoms with Crippen LogP contribution in [-0.4, -0.2) is 47.6 Å². The molecule has 3 aromatic rings.